The van der Waals surface area contributed by atoms with Crippen LogP contribution in [0.25, 0.3) is 11.1 Å². The first kappa shape index (κ1) is 23.8. The van der Waals surface area contributed by atoms with E-state index in [1.165, 1.54) is 23.7 Å². The molecule has 2 aromatic carbocycles. The molecule has 1 saturated heterocycles. The summed E-state index contributed by atoms with van der Waals surface area (Å²) in [5, 5.41) is 0. The van der Waals surface area contributed by atoms with Crippen molar-refractivity contribution < 1.29 is 26.7 Å². The van der Waals surface area contributed by atoms with Gasteiger partial charge in [-0.05, 0) is 60.9 Å². The van der Waals surface area contributed by atoms with Crippen molar-refractivity contribution in [3.8, 4) is 16.9 Å². The Bertz CT molecular complexity index is 809. The standard InChI is InChI=1S/C24H29F5OSi/c1-16(25)3-2-10-31-11-8-19(9-12-31)17-4-6-18(7-5-17)20-13-21(26)24(22(27)14-20)30-15-23(28)29/h4-7,13-14,16,19,23,31H,2-3,8-12,15H2,1H3. The Morgan fingerprint density at radius 2 is 1.58 bits per heavy atom. The van der Waals surface area contributed by atoms with Crippen LogP contribution in [0.4, 0.5) is 22.0 Å². The molecule has 1 aliphatic heterocycles. The summed E-state index contributed by atoms with van der Waals surface area (Å²) < 4.78 is 70.3. The lowest BCUT2D eigenvalue weighted by Gasteiger charge is -2.28. The van der Waals surface area contributed by atoms with Crippen LogP contribution in [0.2, 0.25) is 18.1 Å². The molecule has 1 atom stereocenters. The third kappa shape index (κ3) is 6.79. The normalized spacial score (nSPS) is 20.1. The van der Waals surface area contributed by atoms with E-state index in [2.05, 4.69) is 4.74 Å². The Labute approximate surface area is 182 Å². The Balaban J connectivity index is 1.59. The molecule has 170 valence electrons. The van der Waals surface area contributed by atoms with Crippen LogP contribution >= 0.6 is 0 Å². The number of ether oxygens (including phenoxy) is 1. The van der Waals surface area contributed by atoms with Crippen LogP contribution in [0.5, 0.6) is 5.75 Å². The van der Waals surface area contributed by atoms with Gasteiger partial charge in [0.25, 0.3) is 6.43 Å². The van der Waals surface area contributed by atoms with Gasteiger partial charge in [-0.3, -0.25) is 0 Å². The third-order valence-electron chi connectivity index (χ3n) is 6.13. The lowest BCUT2D eigenvalue weighted by Crippen LogP contribution is -2.20. The van der Waals surface area contributed by atoms with E-state index in [0.29, 0.717) is 23.5 Å². The van der Waals surface area contributed by atoms with Gasteiger partial charge in [-0.15, -0.1) is 0 Å². The van der Waals surface area contributed by atoms with E-state index in [1.54, 1.807) is 6.92 Å². The highest BCUT2D eigenvalue weighted by Gasteiger charge is 2.23. The number of rotatable bonds is 9. The van der Waals surface area contributed by atoms with Crippen molar-refractivity contribution in [2.45, 2.75) is 69.3 Å². The molecule has 1 nitrogen and oxygen atoms in total. The van der Waals surface area contributed by atoms with Gasteiger partial charge in [-0.25, -0.2) is 22.0 Å². The van der Waals surface area contributed by atoms with Crippen LogP contribution in [0.3, 0.4) is 0 Å². The first-order chi connectivity index (χ1) is 14.8. The minimum atomic E-state index is -2.80. The predicted octanol–water partition coefficient (Wildman–Crippen LogP) is 7.52. The fourth-order valence-electron chi connectivity index (χ4n) is 4.43. The van der Waals surface area contributed by atoms with E-state index in [4.69, 9.17) is 0 Å². The van der Waals surface area contributed by atoms with Crippen LogP contribution in [-0.2, 0) is 0 Å². The van der Waals surface area contributed by atoms with E-state index in [-0.39, 0.29) is 0 Å². The molecule has 1 aliphatic rings. The van der Waals surface area contributed by atoms with Gasteiger partial charge in [0.2, 0.25) is 0 Å². The summed E-state index contributed by atoms with van der Waals surface area (Å²) in [7, 11) is -0.744. The van der Waals surface area contributed by atoms with Crippen LogP contribution in [-0.4, -0.2) is 28.0 Å². The highest BCUT2D eigenvalue weighted by atomic mass is 28.3. The van der Waals surface area contributed by atoms with E-state index in [9.17, 15) is 22.0 Å². The molecule has 0 radical (unpaired) electrons. The first-order valence-electron chi connectivity index (χ1n) is 11.0. The van der Waals surface area contributed by atoms with Crippen molar-refractivity contribution in [2.75, 3.05) is 6.61 Å². The minimum Gasteiger partial charge on any atom is -0.482 e. The summed E-state index contributed by atoms with van der Waals surface area (Å²) in [5.41, 5.74) is 2.22. The van der Waals surface area contributed by atoms with E-state index < -0.39 is 45.4 Å². The van der Waals surface area contributed by atoms with Crippen molar-refractivity contribution in [2.24, 2.45) is 0 Å². The zero-order valence-corrected chi connectivity index (χ0v) is 18.9. The van der Waals surface area contributed by atoms with Gasteiger partial charge < -0.3 is 4.74 Å². The lowest BCUT2D eigenvalue weighted by molar-refractivity contribution is 0.0777. The molecule has 3 rings (SSSR count). The number of alkyl halides is 3. The molecule has 0 aliphatic carbocycles. The Hall–Kier alpha value is -1.89. The molecular weight excluding hydrogens is 427 g/mol. The van der Waals surface area contributed by atoms with Gasteiger partial charge >= 0.3 is 0 Å². The second-order valence-electron chi connectivity index (χ2n) is 8.52. The molecule has 0 bridgehead atoms. The van der Waals surface area contributed by atoms with Crippen LogP contribution in [0.15, 0.2) is 36.4 Å². The average Bonchev–Trinajstić information content (AvgIpc) is 2.73. The Morgan fingerprint density at radius 1 is 0.968 bits per heavy atom. The summed E-state index contributed by atoms with van der Waals surface area (Å²) in [5.74, 6) is -2.27. The molecule has 1 fully saturated rings. The van der Waals surface area contributed by atoms with Crippen molar-refractivity contribution in [1.82, 2.24) is 0 Å². The van der Waals surface area contributed by atoms with E-state index in [0.717, 1.165) is 31.4 Å². The molecule has 0 saturated carbocycles. The maximum absolute atomic E-state index is 14.2. The van der Waals surface area contributed by atoms with Gasteiger partial charge in [-0.1, -0.05) is 48.8 Å². The summed E-state index contributed by atoms with van der Waals surface area (Å²) in [6.45, 7) is 0.572. The molecule has 0 spiro atoms. The minimum absolute atomic E-state index is 0.337. The van der Waals surface area contributed by atoms with Crippen LogP contribution in [0, 0.1) is 11.6 Å². The van der Waals surface area contributed by atoms with Gasteiger partial charge in [0, 0.05) is 8.80 Å². The molecule has 1 unspecified atom stereocenters. The number of hydrogen-bond acceptors (Lipinski definition) is 1. The molecule has 7 heteroatoms. The SMILES string of the molecule is CC(F)CCC[SiH]1CCC(c2ccc(-c3cc(F)c(OCC(F)F)c(F)c3)cc2)CC1. The summed E-state index contributed by atoms with van der Waals surface area (Å²) in [6, 6.07) is 13.7. The van der Waals surface area contributed by atoms with E-state index >= 15 is 0 Å². The number of hydrogen-bond donors (Lipinski definition) is 0. The lowest BCUT2D eigenvalue weighted by atomic mass is 9.92. The molecule has 2 aromatic rings. The number of benzene rings is 2. The van der Waals surface area contributed by atoms with Crippen molar-refractivity contribution in [3.05, 3.63) is 53.6 Å². The van der Waals surface area contributed by atoms with Crippen molar-refractivity contribution in [3.63, 3.8) is 0 Å². The molecule has 0 N–H and O–H groups in total. The molecule has 1 heterocycles. The van der Waals surface area contributed by atoms with Crippen molar-refractivity contribution in [1.29, 1.82) is 0 Å². The topological polar surface area (TPSA) is 9.23 Å². The Morgan fingerprint density at radius 3 is 2.13 bits per heavy atom. The van der Waals surface area contributed by atoms with E-state index in [1.807, 2.05) is 24.3 Å². The zero-order valence-electron chi connectivity index (χ0n) is 17.7. The zero-order chi connectivity index (χ0) is 22.4. The predicted molar refractivity (Wildman–Crippen MR) is 117 cm³/mol. The smallest absolute Gasteiger partial charge is 0.272 e. The van der Waals surface area contributed by atoms with Gasteiger partial charge in [0.05, 0.1) is 6.17 Å². The molecular formula is C24H29F5OSi. The quantitative estimate of drug-likeness (QED) is 0.280. The average molecular weight is 457 g/mol. The number of halogens is 5. The van der Waals surface area contributed by atoms with Crippen LogP contribution in [0.1, 0.15) is 44.1 Å². The highest BCUT2D eigenvalue weighted by molar-refractivity contribution is 6.59. The Kier molecular flexibility index (Phi) is 8.52. The summed E-state index contributed by atoms with van der Waals surface area (Å²) in [6.07, 6.45) is 0.485. The first-order valence-corrected chi connectivity index (χ1v) is 13.4. The maximum Gasteiger partial charge on any atom is 0.272 e. The fraction of sp³-hybridized carbons (Fsp3) is 0.500. The monoisotopic (exact) mass is 456 g/mol. The highest BCUT2D eigenvalue weighted by Crippen LogP contribution is 2.36. The van der Waals surface area contributed by atoms with Gasteiger partial charge in [0.15, 0.2) is 17.4 Å². The van der Waals surface area contributed by atoms with Crippen molar-refractivity contribution >= 4 is 8.80 Å². The van der Waals surface area contributed by atoms with Crippen LogP contribution < -0.4 is 4.74 Å². The maximum atomic E-state index is 14.2. The third-order valence-corrected chi connectivity index (χ3v) is 9.65. The van der Waals surface area contributed by atoms with Gasteiger partial charge in [-0.2, -0.15) is 0 Å². The molecule has 31 heavy (non-hydrogen) atoms. The largest absolute Gasteiger partial charge is 0.482 e. The fourth-order valence-corrected chi connectivity index (χ4v) is 7.86. The van der Waals surface area contributed by atoms with Gasteiger partial charge in [0.1, 0.15) is 6.61 Å². The second-order valence-corrected chi connectivity index (χ2v) is 12.0. The molecule has 0 aromatic heterocycles. The summed E-state index contributed by atoms with van der Waals surface area (Å²) in [4.78, 5) is 0. The second kappa shape index (κ2) is 11.1. The molecule has 0 amide bonds. The summed E-state index contributed by atoms with van der Waals surface area (Å²) >= 11 is 0.